The number of aromatic amines is 1. The minimum atomic E-state index is -1.12. The number of fused-ring (bicyclic) bond motifs is 1. The SMILES string of the molecule is COC(=O)CC(c1ccc(-c2ccccc2C(=O)O)o1)c1c(O)cc(C)n(CCc2c[nH]c3ccccc23)c1=O. The molecule has 0 amide bonds. The number of esters is 1. The van der Waals surface area contributed by atoms with E-state index in [0.29, 0.717) is 24.2 Å². The number of rotatable bonds is 9. The van der Waals surface area contributed by atoms with Crippen LogP contribution in [0.3, 0.4) is 0 Å². The largest absolute Gasteiger partial charge is 0.507 e. The molecule has 2 aromatic carbocycles. The van der Waals surface area contributed by atoms with Crippen LogP contribution < -0.4 is 5.56 Å². The van der Waals surface area contributed by atoms with Gasteiger partial charge in [-0.15, -0.1) is 0 Å². The van der Waals surface area contributed by atoms with Gasteiger partial charge in [0, 0.05) is 34.9 Å². The third-order valence-corrected chi connectivity index (χ3v) is 7.14. The van der Waals surface area contributed by atoms with Gasteiger partial charge in [-0.1, -0.05) is 36.4 Å². The number of carboxylic acid groups (broad SMARTS) is 1. The zero-order valence-corrected chi connectivity index (χ0v) is 22.0. The van der Waals surface area contributed by atoms with E-state index in [-0.39, 0.29) is 34.8 Å². The van der Waals surface area contributed by atoms with Crippen LogP contribution in [0, 0.1) is 6.92 Å². The van der Waals surface area contributed by atoms with Gasteiger partial charge < -0.3 is 28.9 Å². The van der Waals surface area contributed by atoms with Crippen LogP contribution in [0.1, 0.15) is 45.3 Å². The lowest BCUT2D eigenvalue weighted by atomic mass is 9.93. The van der Waals surface area contributed by atoms with Crippen LogP contribution in [-0.2, 0) is 22.5 Å². The second-order valence-electron chi connectivity index (χ2n) is 9.54. The van der Waals surface area contributed by atoms with Gasteiger partial charge in [0.1, 0.15) is 17.3 Å². The number of carbonyl (C=O) groups is 2. The molecule has 40 heavy (non-hydrogen) atoms. The minimum absolute atomic E-state index is 0.00217. The predicted octanol–water partition coefficient (Wildman–Crippen LogP) is 5.24. The number of pyridine rings is 1. The summed E-state index contributed by atoms with van der Waals surface area (Å²) in [4.78, 5) is 41.3. The van der Waals surface area contributed by atoms with Crippen molar-refractivity contribution < 1.29 is 29.0 Å². The average Bonchev–Trinajstić information content (AvgIpc) is 3.60. The Morgan fingerprint density at radius 3 is 2.60 bits per heavy atom. The summed E-state index contributed by atoms with van der Waals surface area (Å²) in [6.07, 6.45) is 2.22. The molecule has 3 N–H and O–H groups in total. The number of para-hydroxylation sites is 1. The number of hydrogen-bond donors (Lipinski definition) is 3. The van der Waals surface area contributed by atoms with Gasteiger partial charge in [-0.2, -0.15) is 0 Å². The normalized spacial score (nSPS) is 11.9. The molecule has 9 nitrogen and oxygen atoms in total. The molecular weight excluding hydrogens is 512 g/mol. The summed E-state index contributed by atoms with van der Waals surface area (Å²) in [5.41, 5.74) is 2.57. The van der Waals surface area contributed by atoms with E-state index < -0.39 is 23.4 Å². The Balaban J connectivity index is 1.55. The molecule has 5 aromatic rings. The summed E-state index contributed by atoms with van der Waals surface area (Å²) in [6.45, 7) is 2.09. The first kappa shape index (κ1) is 26.6. The van der Waals surface area contributed by atoms with Gasteiger partial charge in [-0.05, 0) is 49.2 Å². The molecular formula is C31H28N2O7. The van der Waals surface area contributed by atoms with Gasteiger partial charge in [-0.25, -0.2) is 4.79 Å². The van der Waals surface area contributed by atoms with Crippen molar-refractivity contribution in [2.45, 2.75) is 32.2 Å². The quantitative estimate of drug-likeness (QED) is 0.218. The van der Waals surface area contributed by atoms with Crippen LogP contribution >= 0.6 is 0 Å². The second kappa shape index (κ2) is 11.0. The minimum Gasteiger partial charge on any atom is -0.507 e. The van der Waals surface area contributed by atoms with Crippen molar-refractivity contribution in [2.24, 2.45) is 0 Å². The van der Waals surface area contributed by atoms with Crippen LogP contribution in [0.4, 0.5) is 0 Å². The lowest BCUT2D eigenvalue weighted by molar-refractivity contribution is -0.140. The van der Waals surface area contributed by atoms with E-state index >= 15 is 0 Å². The molecule has 0 radical (unpaired) electrons. The van der Waals surface area contributed by atoms with Crippen molar-refractivity contribution in [3.05, 3.63) is 111 Å². The van der Waals surface area contributed by atoms with Gasteiger partial charge in [0.05, 0.1) is 30.6 Å². The number of hydrogen-bond acceptors (Lipinski definition) is 6. The Labute approximate surface area is 229 Å². The van der Waals surface area contributed by atoms with Gasteiger partial charge in [0.2, 0.25) is 0 Å². The number of nitrogens with one attached hydrogen (secondary N) is 1. The summed E-state index contributed by atoms with van der Waals surface area (Å²) < 4.78 is 12.5. The van der Waals surface area contributed by atoms with Crippen molar-refractivity contribution in [3.63, 3.8) is 0 Å². The smallest absolute Gasteiger partial charge is 0.336 e. The third-order valence-electron chi connectivity index (χ3n) is 7.14. The molecule has 0 aliphatic rings. The number of furan rings is 1. The maximum absolute atomic E-state index is 13.9. The molecule has 0 aliphatic heterocycles. The van der Waals surface area contributed by atoms with E-state index in [1.54, 1.807) is 41.8 Å². The van der Waals surface area contributed by atoms with E-state index in [9.17, 15) is 24.6 Å². The van der Waals surface area contributed by atoms with Crippen LogP contribution in [-0.4, -0.2) is 38.8 Å². The summed E-state index contributed by atoms with van der Waals surface area (Å²) >= 11 is 0. The fraction of sp³-hybridized carbons (Fsp3) is 0.194. The Morgan fingerprint density at radius 2 is 1.82 bits per heavy atom. The number of carbonyl (C=O) groups excluding carboxylic acids is 1. The monoisotopic (exact) mass is 540 g/mol. The number of carboxylic acids is 1. The van der Waals surface area contributed by atoms with Crippen LogP contribution in [0.2, 0.25) is 0 Å². The lowest BCUT2D eigenvalue weighted by Crippen LogP contribution is -2.29. The molecule has 0 saturated carbocycles. The molecule has 0 saturated heterocycles. The first-order chi connectivity index (χ1) is 19.3. The topological polar surface area (TPSA) is 135 Å². The molecule has 3 aromatic heterocycles. The van der Waals surface area contributed by atoms with Crippen molar-refractivity contribution in [3.8, 4) is 17.1 Å². The molecule has 204 valence electrons. The van der Waals surface area contributed by atoms with Crippen LogP contribution in [0.15, 0.2) is 82.1 Å². The Morgan fingerprint density at radius 1 is 1.07 bits per heavy atom. The highest BCUT2D eigenvalue weighted by Crippen LogP contribution is 2.36. The average molecular weight is 541 g/mol. The molecule has 0 bridgehead atoms. The summed E-state index contributed by atoms with van der Waals surface area (Å²) in [7, 11) is 1.24. The van der Waals surface area contributed by atoms with Crippen molar-refractivity contribution in [2.75, 3.05) is 7.11 Å². The second-order valence-corrected chi connectivity index (χ2v) is 9.54. The van der Waals surface area contributed by atoms with E-state index in [0.717, 1.165) is 16.5 Å². The highest BCUT2D eigenvalue weighted by molar-refractivity contribution is 5.95. The maximum Gasteiger partial charge on any atom is 0.336 e. The molecule has 0 aliphatic carbocycles. The summed E-state index contributed by atoms with van der Waals surface area (Å²) in [5, 5.41) is 21.6. The van der Waals surface area contributed by atoms with Crippen molar-refractivity contribution in [1.29, 1.82) is 0 Å². The molecule has 9 heteroatoms. The molecule has 0 spiro atoms. The number of aromatic carboxylic acids is 1. The number of benzene rings is 2. The standard InChI is InChI=1S/C31H28N2O7/c1-18-15-25(34)29(30(36)33(18)14-13-19-17-32-24-10-6-5-7-20(19)24)23(16-28(35)39-2)27-12-11-26(40-27)21-8-3-4-9-22(21)31(37)38/h3-12,15,17,23,32,34H,13-14,16H2,1-2H3,(H,37,38). The molecule has 5 rings (SSSR count). The third kappa shape index (κ3) is 5.01. The highest BCUT2D eigenvalue weighted by Gasteiger charge is 2.29. The van der Waals surface area contributed by atoms with Crippen molar-refractivity contribution in [1.82, 2.24) is 9.55 Å². The number of H-pyrrole nitrogens is 1. The fourth-order valence-corrected chi connectivity index (χ4v) is 5.11. The van der Waals surface area contributed by atoms with E-state index in [2.05, 4.69) is 4.98 Å². The predicted molar refractivity (Wildman–Crippen MR) is 149 cm³/mol. The molecule has 3 heterocycles. The highest BCUT2D eigenvalue weighted by atomic mass is 16.5. The number of nitrogens with zero attached hydrogens (tertiary/aromatic N) is 1. The molecule has 0 fully saturated rings. The Kier molecular flexibility index (Phi) is 7.29. The van der Waals surface area contributed by atoms with Crippen molar-refractivity contribution >= 4 is 22.8 Å². The number of ether oxygens (including phenoxy) is 1. The lowest BCUT2D eigenvalue weighted by Gasteiger charge is -2.19. The van der Waals surface area contributed by atoms with E-state index in [4.69, 9.17) is 9.15 Å². The number of methoxy groups -OCH3 is 1. The zero-order chi connectivity index (χ0) is 28.4. The van der Waals surface area contributed by atoms with E-state index in [1.807, 2.05) is 30.5 Å². The van der Waals surface area contributed by atoms with Crippen LogP contribution in [0.25, 0.3) is 22.2 Å². The first-order valence-corrected chi connectivity index (χ1v) is 12.8. The van der Waals surface area contributed by atoms with Crippen LogP contribution in [0.5, 0.6) is 5.75 Å². The number of aryl methyl sites for hydroxylation is 2. The number of aromatic nitrogens is 2. The Bertz CT molecular complexity index is 1780. The number of aromatic hydroxyl groups is 1. The molecule has 1 unspecified atom stereocenters. The van der Waals surface area contributed by atoms with E-state index in [1.165, 1.54) is 19.2 Å². The maximum atomic E-state index is 13.9. The van der Waals surface area contributed by atoms with Gasteiger partial charge >= 0.3 is 11.9 Å². The first-order valence-electron chi connectivity index (χ1n) is 12.8. The molecule has 1 atom stereocenters. The fourth-order valence-electron chi connectivity index (χ4n) is 5.11. The Hall–Kier alpha value is -5.05. The summed E-state index contributed by atoms with van der Waals surface area (Å²) in [6, 6.07) is 18.9. The summed E-state index contributed by atoms with van der Waals surface area (Å²) in [5.74, 6) is -2.46. The zero-order valence-electron chi connectivity index (χ0n) is 22.0. The van der Waals surface area contributed by atoms with Gasteiger partial charge in [0.25, 0.3) is 5.56 Å². The van der Waals surface area contributed by atoms with Gasteiger partial charge in [-0.3, -0.25) is 9.59 Å². The van der Waals surface area contributed by atoms with Gasteiger partial charge in [0.15, 0.2) is 0 Å².